The number of fused-ring (bicyclic) bond motifs is 1. The minimum absolute atomic E-state index is 0.00459. The van der Waals surface area contributed by atoms with Crippen LogP contribution in [0, 0.1) is 17.0 Å². The number of imidazole rings is 1. The lowest BCUT2D eigenvalue weighted by molar-refractivity contribution is -0.384. The lowest BCUT2D eigenvalue weighted by Gasteiger charge is -2.23. The van der Waals surface area contributed by atoms with Gasteiger partial charge in [-0.1, -0.05) is 0 Å². The molecule has 1 aliphatic rings. The van der Waals surface area contributed by atoms with E-state index in [1.807, 2.05) is 11.5 Å². The van der Waals surface area contributed by atoms with Crippen LogP contribution < -0.4 is 0 Å². The molecule has 1 aromatic heterocycles. The Morgan fingerprint density at radius 1 is 1.50 bits per heavy atom. The predicted octanol–water partition coefficient (Wildman–Crippen LogP) is 1.67. The van der Waals surface area contributed by atoms with Gasteiger partial charge in [-0.25, -0.2) is 4.98 Å². The first-order valence-electron chi connectivity index (χ1n) is 6.46. The molecule has 20 heavy (non-hydrogen) atoms. The van der Waals surface area contributed by atoms with Gasteiger partial charge in [0.25, 0.3) is 5.69 Å². The molecule has 1 aliphatic heterocycles. The van der Waals surface area contributed by atoms with Gasteiger partial charge in [0.2, 0.25) is 0 Å². The first kappa shape index (κ1) is 13.0. The summed E-state index contributed by atoms with van der Waals surface area (Å²) in [5.41, 5.74) is 1.56. The molecule has 1 fully saturated rings. The summed E-state index contributed by atoms with van der Waals surface area (Å²) in [5, 5.41) is 10.8. The normalized spacial score (nSPS) is 19.4. The standard InChI is InChI=1S/C13H15N3O4/c1-9-14-12-6-10(16(17)18)2-3-13(12)15(9)7-11-8-19-4-5-20-11/h2-3,6,11H,4-5,7-8H2,1H3. The second-order valence-corrected chi connectivity index (χ2v) is 4.77. The van der Waals surface area contributed by atoms with Crippen LogP contribution in [0.4, 0.5) is 5.69 Å². The maximum Gasteiger partial charge on any atom is 0.271 e. The Morgan fingerprint density at radius 2 is 2.35 bits per heavy atom. The van der Waals surface area contributed by atoms with Gasteiger partial charge in [-0.05, 0) is 13.0 Å². The third-order valence-corrected chi connectivity index (χ3v) is 3.40. The third-order valence-electron chi connectivity index (χ3n) is 3.40. The molecule has 7 heteroatoms. The first-order chi connectivity index (χ1) is 9.65. The molecule has 1 atom stereocenters. The van der Waals surface area contributed by atoms with E-state index in [2.05, 4.69) is 4.98 Å². The van der Waals surface area contributed by atoms with Crippen LogP contribution in [-0.2, 0) is 16.0 Å². The third kappa shape index (κ3) is 2.37. The molecule has 1 unspecified atom stereocenters. The molecule has 0 spiro atoms. The van der Waals surface area contributed by atoms with E-state index < -0.39 is 4.92 Å². The molecular formula is C13H15N3O4. The van der Waals surface area contributed by atoms with Gasteiger partial charge in [-0.3, -0.25) is 10.1 Å². The van der Waals surface area contributed by atoms with E-state index in [1.54, 1.807) is 6.07 Å². The van der Waals surface area contributed by atoms with Crippen molar-refractivity contribution in [2.45, 2.75) is 19.6 Å². The molecule has 2 aromatic rings. The van der Waals surface area contributed by atoms with Crippen molar-refractivity contribution in [2.75, 3.05) is 19.8 Å². The summed E-state index contributed by atoms with van der Waals surface area (Å²) >= 11 is 0. The molecule has 0 bridgehead atoms. The summed E-state index contributed by atoms with van der Waals surface area (Å²) < 4.78 is 13.0. The average molecular weight is 277 g/mol. The molecule has 0 radical (unpaired) electrons. The van der Waals surface area contributed by atoms with E-state index in [4.69, 9.17) is 9.47 Å². The van der Waals surface area contributed by atoms with E-state index >= 15 is 0 Å². The van der Waals surface area contributed by atoms with Gasteiger partial charge in [0, 0.05) is 12.1 Å². The van der Waals surface area contributed by atoms with Crippen molar-refractivity contribution < 1.29 is 14.4 Å². The van der Waals surface area contributed by atoms with Crippen LogP contribution in [-0.4, -0.2) is 40.4 Å². The van der Waals surface area contributed by atoms with Gasteiger partial charge in [0.05, 0.1) is 48.4 Å². The SMILES string of the molecule is Cc1nc2cc([N+](=O)[O-])ccc2n1CC1COCCO1. The van der Waals surface area contributed by atoms with E-state index in [1.165, 1.54) is 12.1 Å². The Balaban J connectivity index is 1.93. The number of non-ortho nitro benzene ring substituents is 1. The maximum atomic E-state index is 10.8. The number of rotatable bonds is 3. The van der Waals surface area contributed by atoms with E-state index in [9.17, 15) is 10.1 Å². The number of nitro benzene ring substituents is 1. The molecule has 0 aliphatic carbocycles. The molecular weight excluding hydrogens is 262 g/mol. The lowest BCUT2D eigenvalue weighted by Crippen LogP contribution is -2.32. The molecule has 2 heterocycles. The molecule has 0 amide bonds. The Bertz CT molecular complexity index is 646. The number of hydrogen-bond donors (Lipinski definition) is 0. The summed E-state index contributed by atoms with van der Waals surface area (Å²) in [6.45, 7) is 4.32. The number of ether oxygens (including phenoxy) is 2. The number of nitrogens with zero attached hydrogens (tertiary/aromatic N) is 3. The van der Waals surface area contributed by atoms with E-state index in [-0.39, 0.29) is 11.8 Å². The van der Waals surface area contributed by atoms with Crippen molar-refractivity contribution >= 4 is 16.7 Å². The van der Waals surface area contributed by atoms with E-state index in [0.717, 1.165) is 11.3 Å². The van der Waals surface area contributed by atoms with Gasteiger partial charge in [0.15, 0.2) is 0 Å². The molecule has 1 aromatic carbocycles. The summed E-state index contributed by atoms with van der Waals surface area (Å²) in [7, 11) is 0. The zero-order valence-electron chi connectivity index (χ0n) is 11.1. The van der Waals surface area contributed by atoms with Crippen LogP contribution in [0.3, 0.4) is 0 Å². The highest BCUT2D eigenvalue weighted by molar-refractivity contribution is 5.78. The van der Waals surface area contributed by atoms with Crippen LogP contribution in [0.15, 0.2) is 18.2 Å². The fourth-order valence-corrected chi connectivity index (χ4v) is 2.43. The minimum atomic E-state index is -0.411. The topological polar surface area (TPSA) is 79.4 Å². The van der Waals surface area contributed by atoms with Gasteiger partial charge in [0.1, 0.15) is 5.82 Å². The van der Waals surface area contributed by atoms with Gasteiger partial charge < -0.3 is 14.0 Å². The van der Waals surface area contributed by atoms with E-state index in [0.29, 0.717) is 31.9 Å². The van der Waals surface area contributed by atoms with Crippen LogP contribution in [0.2, 0.25) is 0 Å². The summed E-state index contributed by atoms with van der Waals surface area (Å²) in [4.78, 5) is 14.8. The summed E-state index contributed by atoms with van der Waals surface area (Å²) in [5.74, 6) is 0.815. The number of nitro groups is 1. The second kappa shape index (κ2) is 5.18. The lowest BCUT2D eigenvalue weighted by atomic mass is 10.2. The fourth-order valence-electron chi connectivity index (χ4n) is 2.43. The second-order valence-electron chi connectivity index (χ2n) is 4.77. The van der Waals surface area contributed by atoms with Crippen LogP contribution in [0.25, 0.3) is 11.0 Å². The van der Waals surface area contributed by atoms with Crippen molar-refractivity contribution in [3.8, 4) is 0 Å². The molecule has 7 nitrogen and oxygen atoms in total. The molecule has 106 valence electrons. The van der Waals surface area contributed by atoms with Crippen LogP contribution >= 0.6 is 0 Å². The highest BCUT2D eigenvalue weighted by atomic mass is 16.6. The predicted molar refractivity (Wildman–Crippen MR) is 71.7 cm³/mol. The van der Waals surface area contributed by atoms with Crippen molar-refractivity contribution in [2.24, 2.45) is 0 Å². The van der Waals surface area contributed by atoms with Gasteiger partial charge in [-0.15, -0.1) is 0 Å². The monoisotopic (exact) mass is 277 g/mol. The Kier molecular flexibility index (Phi) is 3.37. The Labute approximate surface area is 115 Å². The van der Waals surface area contributed by atoms with Crippen LogP contribution in [0.5, 0.6) is 0 Å². The number of aromatic nitrogens is 2. The zero-order valence-corrected chi connectivity index (χ0v) is 11.1. The van der Waals surface area contributed by atoms with Crippen LogP contribution in [0.1, 0.15) is 5.82 Å². The number of benzene rings is 1. The van der Waals surface area contributed by atoms with Crippen molar-refractivity contribution in [1.82, 2.24) is 9.55 Å². The highest BCUT2D eigenvalue weighted by Crippen LogP contribution is 2.22. The highest BCUT2D eigenvalue weighted by Gasteiger charge is 2.18. The quantitative estimate of drug-likeness (QED) is 0.629. The largest absolute Gasteiger partial charge is 0.376 e. The molecule has 1 saturated heterocycles. The number of aryl methyl sites for hydroxylation is 1. The molecule has 3 rings (SSSR count). The summed E-state index contributed by atoms with van der Waals surface area (Å²) in [6, 6.07) is 4.73. The van der Waals surface area contributed by atoms with Crippen molar-refractivity contribution in [1.29, 1.82) is 0 Å². The Hall–Kier alpha value is -1.99. The van der Waals surface area contributed by atoms with Gasteiger partial charge in [-0.2, -0.15) is 0 Å². The first-order valence-corrected chi connectivity index (χ1v) is 6.46. The smallest absolute Gasteiger partial charge is 0.271 e. The minimum Gasteiger partial charge on any atom is -0.376 e. The Morgan fingerprint density at radius 3 is 3.05 bits per heavy atom. The molecule has 0 N–H and O–H groups in total. The number of hydrogen-bond acceptors (Lipinski definition) is 5. The fraction of sp³-hybridized carbons (Fsp3) is 0.462. The maximum absolute atomic E-state index is 10.8. The van der Waals surface area contributed by atoms with Gasteiger partial charge >= 0.3 is 0 Å². The van der Waals surface area contributed by atoms with Crippen molar-refractivity contribution in [3.63, 3.8) is 0 Å². The average Bonchev–Trinajstić information content (AvgIpc) is 2.75. The molecule has 0 saturated carbocycles. The summed E-state index contributed by atoms with van der Waals surface area (Å²) in [6.07, 6.45) is -0.00459. The van der Waals surface area contributed by atoms with Crippen molar-refractivity contribution in [3.05, 3.63) is 34.1 Å². The zero-order chi connectivity index (χ0) is 14.1.